The molecule has 4 nitrogen and oxygen atoms in total. The molecule has 1 amide bonds. The highest BCUT2D eigenvalue weighted by atomic mass is 16.1. The van der Waals surface area contributed by atoms with Crippen LogP contribution in [0.25, 0.3) is 17.0 Å². The van der Waals surface area contributed by atoms with Crippen molar-refractivity contribution in [2.24, 2.45) is 0 Å². The van der Waals surface area contributed by atoms with E-state index in [1.165, 1.54) is 0 Å². The van der Waals surface area contributed by atoms with E-state index in [2.05, 4.69) is 15.5 Å². The second-order valence-electron chi connectivity index (χ2n) is 5.70. The molecule has 2 N–H and O–H groups in total. The Labute approximate surface area is 135 Å². The highest BCUT2D eigenvalue weighted by molar-refractivity contribution is 6.03. The molecule has 0 saturated carbocycles. The van der Waals surface area contributed by atoms with Crippen LogP contribution >= 0.6 is 0 Å². The zero-order chi connectivity index (χ0) is 16.4. The third kappa shape index (κ3) is 3.16. The number of carbonyl (C=O) groups is 1. The number of benzene rings is 2. The summed E-state index contributed by atoms with van der Waals surface area (Å²) in [6.07, 6.45) is 3.36. The molecule has 0 bridgehead atoms. The van der Waals surface area contributed by atoms with Gasteiger partial charge >= 0.3 is 0 Å². The van der Waals surface area contributed by atoms with Gasteiger partial charge in [-0.3, -0.25) is 9.89 Å². The number of aromatic amines is 1. The fourth-order valence-corrected chi connectivity index (χ4v) is 2.63. The summed E-state index contributed by atoms with van der Waals surface area (Å²) in [6.45, 7) is 5.94. The molecule has 116 valence electrons. The van der Waals surface area contributed by atoms with Crippen LogP contribution in [0.3, 0.4) is 0 Å². The molecule has 2 aromatic carbocycles. The number of nitrogens with zero attached hydrogens (tertiary/aromatic N) is 1. The van der Waals surface area contributed by atoms with Crippen LogP contribution in [0.2, 0.25) is 0 Å². The van der Waals surface area contributed by atoms with Crippen molar-refractivity contribution in [3.8, 4) is 0 Å². The van der Waals surface area contributed by atoms with Crippen molar-refractivity contribution in [3.63, 3.8) is 0 Å². The van der Waals surface area contributed by atoms with Gasteiger partial charge in [-0.25, -0.2) is 0 Å². The standard InChI is InChI=1S/C19H19N3O/c1-12-5-4-6-13(2)19(12)20-18(23)10-8-15-7-9-16-14(3)21-22-17(16)11-15/h4-11H,1-3H3,(H,20,23)(H,21,22)/b10-8+. The van der Waals surface area contributed by atoms with Crippen LogP contribution in [0.5, 0.6) is 0 Å². The number of amides is 1. The van der Waals surface area contributed by atoms with Crippen LogP contribution < -0.4 is 5.32 Å². The van der Waals surface area contributed by atoms with Gasteiger partial charge < -0.3 is 5.32 Å². The first-order valence-corrected chi connectivity index (χ1v) is 7.54. The fraction of sp³-hybridized carbons (Fsp3) is 0.158. The first-order valence-electron chi connectivity index (χ1n) is 7.54. The molecule has 4 heteroatoms. The lowest BCUT2D eigenvalue weighted by Gasteiger charge is -2.09. The summed E-state index contributed by atoms with van der Waals surface area (Å²) in [4.78, 5) is 12.1. The Morgan fingerprint density at radius 3 is 2.61 bits per heavy atom. The van der Waals surface area contributed by atoms with Gasteiger partial charge in [0.05, 0.1) is 11.2 Å². The lowest BCUT2D eigenvalue weighted by molar-refractivity contribution is -0.111. The molecule has 23 heavy (non-hydrogen) atoms. The molecule has 0 aliphatic rings. The van der Waals surface area contributed by atoms with Gasteiger partial charge in [0.15, 0.2) is 0 Å². The van der Waals surface area contributed by atoms with Gasteiger partial charge in [-0.15, -0.1) is 0 Å². The molecule has 0 unspecified atom stereocenters. The van der Waals surface area contributed by atoms with E-state index in [0.29, 0.717) is 0 Å². The van der Waals surface area contributed by atoms with E-state index < -0.39 is 0 Å². The third-order valence-corrected chi connectivity index (χ3v) is 3.93. The van der Waals surface area contributed by atoms with E-state index in [1.807, 2.05) is 57.2 Å². The van der Waals surface area contributed by atoms with E-state index in [9.17, 15) is 4.79 Å². The van der Waals surface area contributed by atoms with Gasteiger partial charge in [0.1, 0.15) is 0 Å². The Balaban J connectivity index is 1.77. The summed E-state index contributed by atoms with van der Waals surface area (Å²) in [7, 11) is 0. The average molecular weight is 305 g/mol. The highest BCUT2D eigenvalue weighted by Crippen LogP contribution is 2.20. The van der Waals surface area contributed by atoms with Crippen LogP contribution in [0.4, 0.5) is 5.69 Å². The zero-order valence-electron chi connectivity index (χ0n) is 13.5. The monoisotopic (exact) mass is 305 g/mol. The molecule has 0 fully saturated rings. The summed E-state index contributed by atoms with van der Waals surface area (Å²) < 4.78 is 0. The zero-order valence-corrected chi connectivity index (χ0v) is 13.5. The Bertz CT molecular complexity index is 886. The normalized spacial score (nSPS) is 11.3. The number of anilines is 1. The summed E-state index contributed by atoms with van der Waals surface area (Å²) in [5.74, 6) is -0.136. The SMILES string of the molecule is Cc1cccc(C)c1NC(=O)/C=C/c1ccc2c(C)n[nH]c2c1. The number of hydrogen-bond acceptors (Lipinski definition) is 2. The molecular formula is C19H19N3O. The number of carbonyl (C=O) groups excluding carboxylic acids is 1. The minimum Gasteiger partial charge on any atom is -0.322 e. The molecule has 0 radical (unpaired) electrons. The molecule has 0 saturated heterocycles. The number of H-pyrrole nitrogens is 1. The second-order valence-corrected chi connectivity index (χ2v) is 5.70. The number of aryl methyl sites for hydroxylation is 3. The number of para-hydroxylation sites is 1. The molecule has 3 aromatic rings. The van der Waals surface area contributed by atoms with Crippen molar-refractivity contribution in [2.75, 3.05) is 5.32 Å². The predicted octanol–water partition coefficient (Wildman–Crippen LogP) is 4.14. The molecule has 1 heterocycles. The maximum absolute atomic E-state index is 12.1. The average Bonchev–Trinajstić information content (AvgIpc) is 2.90. The summed E-state index contributed by atoms with van der Waals surface area (Å²) in [6, 6.07) is 11.9. The van der Waals surface area contributed by atoms with Crippen molar-refractivity contribution in [3.05, 3.63) is 64.9 Å². The molecule has 3 rings (SSSR count). The van der Waals surface area contributed by atoms with Crippen LogP contribution in [-0.4, -0.2) is 16.1 Å². The van der Waals surface area contributed by atoms with Gasteiger partial charge in [0.25, 0.3) is 0 Å². The van der Waals surface area contributed by atoms with Gasteiger partial charge in [-0.1, -0.05) is 30.3 Å². The molecular weight excluding hydrogens is 286 g/mol. The van der Waals surface area contributed by atoms with Gasteiger partial charge in [0, 0.05) is 17.1 Å². The molecule has 0 aliphatic heterocycles. The second kappa shape index (κ2) is 6.08. The van der Waals surface area contributed by atoms with Crippen molar-refractivity contribution in [2.45, 2.75) is 20.8 Å². The number of nitrogens with one attached hydrogen (secondary N) is 2. The topological polar surface area (TPSA) is 57.8 Å². The van der Waals surface area contributed by atoms with E-state index in [1.54, 1.807) is 12.2 Å². The summed E-state index contributed by atoms with van der Waals surface area (Å²) in [5, 5.41) is 11.2. The van der Waals surface area contributed by atoms with Crippen molar-refractivity contribution < 1.29 is 4.79 Å². The quantitative estimate of drug-likeness (QED) is 0.714. The Morgan fingerprint density at radius 1 is 1.13 bits per heavy atom. The molecule has 0 aliphatic carbocycles. The molecule has 1 aromatic heterocycles. The number of aromatic nitrogens is 2. The van der Waals surface area contributed by atoms with Crippen LogP contribution in [0, 0.1) is 20.8 Å². The van der Waals surface area contributed by atoms with Crippen LogP contribution in [0.15, 0.2) is 42.5 Å². The minimum atomic E-state index is -0.136. The van der Waals surface area contributed by atoms with Gasteiger partial charge in [-0.2, -0.15) is 5.10 Å². The van der Waals surface area contributed by atoms with E-state index in [0.717, 1.165) is 39.0 Å². The lowest BCUT2D eigenvalue weighted by atomic mass is 10.1. The Kier molecular flexibility index (Phi) is 3.98. The highest BCUT2D eigenvalue weighted by Gasteiger charge is 2.05. The number of rotatable bonds is 3. The summed E-state index contributed by atoms with van der Waals surface area (Å²) >= 11 is 0. The first kappa shape index (κ1) is 15.0. The maximum atomic E-state index is 12.1. The third-order valence-electron chi connectivity index (χ3n) is 3.93. The minimum absolute atomic E-state index is 0.136. The van der Waals surface area contributed by atoms with Crippen LogP contribution in [0.1, 0.15) is 22.4 Å². The van der Waals surface area contributed by atoms with Gasteiger partial charge in [0.2, 0.25) is 5.91 Å². The van der Waals surface area contributed by atoms with E-state index in [4.69, 9.17) is 0 Å². The van der Waals surface area contributed by atoms with E-state index in [-0.39, 0.29) is 5.91 Å². The molecule has 0 spiro atoms. The Morgan fingerprint density at radius 2 is 1.87 bits per heavy atom. The largest absolute Gasteiger partial charge is 0.322 e. The van der Waals surface area contributed by atoms with Crippen molar-refractivity contribution in [1.82, 2.24) is 10.2 Å². The smallest absolute Gasteiger partial charge is 0.248 e. The fourth-order valence-electron chi connectivity index (χ4n) is 2.63. The number of hydrogen-bond donors (Lipinski definition) is 2. The molecule has 0 atom stereocenters. The predicted molar refractivity (Wildman–Crippen MR) is 94.4 cm³/mol. The van der Waals surface area contributed by atoms with Crippen molar-refractivity contribution >= 4 is 28.6 Å². The Hall–Kier alpha value is -2.88. The lowest BCUT2D eigenvalue weighted by Crippen LogP contribution is -2.10. The number of fused-ring (bicyclic) bond motifs is 1. The van der Waals surface area contributed by atoms with Crippen molar-refractivity contribution in [1.29, 1.82) is 0 Å². The van der Waals surface area contributed by atoms with Gasteiger partial charge in [-0.05, 0) is 49.6 Å². The summed E-state index contributed by atoms with van der Waals surface area (Å²) in [5.41, 5.74) is 5.89. The first-order chi connectivity index (χ1) is 11.0. The van der Waals surface area contributed by atoms with E-state index >= 15 is 0 Å². The van der Waals surface area contributed by atoms with Crippen LogP contribution in [-0.2, 0) is 4.79 Å². The maximum Gasteiger partial charge on any atom is 0.248 e.